The second kappa shape index (κ2) is 4.14. The Morgan fingerprint density at radius 3 is 2.80 bits per heavy atom. The number of carbonyl (C=O) groups excluding carboxylic acids is 1. The molecule has 4 nitrogen and oxygen atoms in total. The lowest BCUT2D eigenvalue weighted by atomic mass is 10.2. The van der Waals surface area contributed by atoms with Crippen LogP contribution in [0.25, 0.3) is 11.3 Å². The Kier molecular flexibility index (Phi) is 2.69. The van der Waals surface area contributed by atoms with Crippen LogP contribution in [0.15, 0.2) is 30.5 Å². The van der Waals surface area contributed by atoms with Gasteiger partial charge >= 0.3 is 0 Å². The van der Waals surface area contributed by atoms with Crippen LogP contribution in [0.5, 0.6) is 0 Å². The van der Waals surface area contributed by atoms with Gasteiger partial charge in [-0.2, -0.15) is 5.10 Å². The average molecular weight is 220 g/mol. The lowest BCUT2D eigenvalue weighted by molar-refractivity contribution is 0.111. The number of halogens is 1. The van der Waals surface area contributed by atoms with Crippen molar-refractivity contribution in [3.63, 3.8) is 0 Å². The number of benzene rings is 1. The van der Waals surface area contributed by atoms with Crippen LogP contribution < -0.4 is 0 Å². The van der Waals surface area contributed by atoms with Crippen molar-refractivity contribution in [3.05, 3.63) is 41.3 Å². The van der Waals surface area contributed by atoms with Crippen LogP contribution in [0.3, 0.4) is 0 Å². The molecule has 0 saturated carbocycles. The van der Waals surface area contributed by atoms with Crippen LogP contribution in [0.4, 0.5) is 0 Å². The van der Waals surface area contributed by atoms with Crippen LogP contribution >= 0.6 is 11.6 Å². The summed E-state index contributed by atoms with van der Waals surface area (Å²) in [4.78, 5) is 14.5. The number of hydrogen-bond donors (Lipinski definition) is 0. The van der Waals surface area contributed by atoms with E-state index in [-0.39, 0.29) is 5.82 Å². The first kappa shape index (κ1) is 9.73. The van der Waals surface area contributed by atoms with Crippen LogP contribution in [0.1, 0.15) is 10.6 Å². The third kappa shape index (κ3) is 1.99. The summed E-state index contributed by atoms with van der Waals surface area (Å²) in [5.41, 5.74) is 1.27. The molecule has 74 valence electrons. The summed E-state index contributed by atoms with van der Waals surface area (Å²) in [6.45, 7) is 0. The first-order chi connectivity index (χ1) is 7.31. The molecular formula is C10H6ClN3O. The number of hydrogen-bond acceptors (Lipinski definition) is 4. The zero-order valence-electron chi connectivity index (χ0n) is 7.59. The van der Waals surface area contributed by atoms with E-state index in [0.717, 1.165) is 5.56 Å². The second-order valence-electron chi connectivity index (χ2n) is 2.80. The molecule has 0 unspecified atom stereocenters. The van der Waals surface area contributed by atoms with E-state index in [1.807, 2.05) is 12.1 Å². The van der Waals surface area contributed by atoms with E-state index in [1.165, 1.54) is 6.20 Å². The third-order valence-electron chi connectivity index (χ3n) is 1.83. The molecule has 0 radical (unpaired) electrons. The number of aldehydes is 1. The highest BCUT2D eigenvalue weighted by Crippen LogP contribution is 2.24. The summed E-state index contributed by atoms with van der Waals surface area (Å²) in [7, 11) is 0. The van der Waals surface area contributed by atoms with Crippen molar-refractivity contribution in [2.24, 2.45) is 0 Å². The van der Waals surface area contributed by atoms with E-state index in [1.54, 1.807) is 12.1 Å². The molecule has 1 aromatic heterocycles. The molecule has 0 aliphatic carbocycles. The maximum Gasteiger partial charge on any atom is 0.215 e. The van der Waals surface area contributed by atoms with Gasteiger partial charge in [0.05, 0.1) is 16.9 Å². The summed E-state index contributed by atoms with van der Waals surface area (Å²) in [5.74, 6) is 0.0485. The van der Waals surface area contributed by atoms with Crippen LogP contribution in [0, 0.1) is 0 Å². The molecule has 0 amide bonds. The molecule has 0 N–H and O–H groups in total. The van der Waals surface area contributed by atoms with Gasteiger partial charge in [-0.1, -0.05) is 29.8 Å². The first-order valence-electron chi connectivity index (χ1n) is 4.21. The number of rotatable bonds is 2. The molecule has 0 atom stereocenters. The van der Waals surface area contributed by atoms with Gasteiger partial charge in [-0.25, -0.2) is 4.98 Å². The van der Waals surface area contributed by atoms with Crippen molar-refractivity contribution < 1.29 is 4.79 Å². The molecule has 0 bridgehead atoms. The van der Waals surface area contributed by atoms with Gasteiger partial charge in [-0.05, 0) is 6.07 Å². The molecule has 2 aromatic rings. The van der Waals surface area contributed by atoms with Gasteiger partial charge in [0.15, 0.2) is 6.29 Å². The van der Waals surface area contributed by atoms with E-state index >= 15 is 0 Å². The Balaban J connectivity index is 2.54. The number of carbonyl (C=O) groups is 1. The van der Waals surface area contributed by atoms with Crippen molar-refractivity contribution in [2.45, 2.75) is 0 Å². The fourth-order valence-corrected chi connectivity index (χ4v) is 1.40. The van der Waals surface area contributed by atoms with Gasteiger partial charge in [0.2, 0.25) is 5.82 Å². The minimum absolute atomic E-state index is 0.0485. The van der Waals surface area contributed by atoms with Gasteiger partial charge in [-0.15, -0.1) is 5.10 Å². The topological polar surface area (TPSA) is 55.7 Å². The average Bonchev–Trinajstić information content (AvgIpc) is 2.30. The predicted octanol–water partition coefficient (Wildman–Crippen LogP) is 2.00. The highest BCUT2D eigenvalue weighted by atomic mass is 35.5. The molecule has 0 fully saturated rings. The number of aromatic nitrogens is 3. The van der Waals surface area contributed by atoms with Gasteiger partial charge < -0.3 is 0 Å². The van der Waals surface area contributed by atoms with E-state index in [0.29, 0.717) is 17.0 Å². The summed E-state index contributed by atoms with van der Waals surface area (Å²) in [6.07, 6.45) is 2.02. The van der Waals surface area contributed by atoms with Gasteiger partial charge in [0.1, 0.15) is 0 Å². The Bertz CT molecular complexity index is 502. The third-order valence-corrected chi connectivity index (χ3v) is 2.16. The largest absolute Gasteiger partial charge is 0.294 e. The van der Waals surface area contributed by atoms with Crippen LogP contribution in [0.2, 0.25) is 5.02 Å². The second-order valence-corrected chi connectivity index (χ2v) is 3.20. The van der Waals surface area contributed by atoms with Crippen LogP contribution in [-0.4, -0.2) is 21.5 Å². The maximum absolute atomic E-state index is 10.5. The number of nitrogens with zero attached hydrogens (tertiary/aromatic N) is 3. The first-order valence-corrected chi connectivity index (χ1v) is 4.59. The van der Waals surface area contributed by atoms with Gasteiger partial charge in [0.25, 0.3) is 0 Å². The zero-order chi connectivity index (χ0) is 10.7. The molecule has 2 rings (SSSR count). The summed E-state index contributed by atoms with van der Waals surface area (Å²) >= 11 is 5.98. The SMILES string of the molecule is O=Cc1nncc(-c2ccccc2Cl)n1. The molecule has 0 saturated heterocycles. The minimum atomic E-state index is 0.0485. The smallest absolute Gasteiger partial charge is 0.215 e. The van der Waals surface area contributed by atoms with Crippen molar-refractivity contribution in [1.29, 1.82) is 0 Å². The van der Waals surface area contributed by atoms with Crippen molar-refractivity contribution in [2.75, 3.05) is 0 Å². The Hall–Kier alpha value is -1.81. The molecule has 1 heterocycles. The normalized spacial score (nSPS) is 9.93. The summed E-state index contributed by atoms with van der Waals surface area (Å²) < 4.78 is 0. The zero-order valence-corrected chi connectivity index (χ0v) is 8.35. The fourth-order valence-electron chi connectivity index (χ4n) is 1.17. The molecule has 0 aliphatic rings. The molecular weight excluding hydrogens is 214 g/mol. The molecule has 15 heavy (non-hydrogen) atoms. The monoisotopic (exact) mass is 219 g/mol. The Morgan fingerprint density at radius 1 is 1.27 bits per heavy atom. The van der Waals surface area contributed by atoms with E-state index in [9.17, 15) is 4.79 Å². The van der Waals surface area contributed by atoms with Gasteiger partial charge in [0, 0.05) is 5.56 Å². The van der Waals surface area contributed by atoms with Gasteiger partial charge in [-0.3, -0.25) is 4.79 Å². The highest BCUT2D eigenvalue weighted by molar-refractivity contribution is 6.33. The molecule has 1 aromatic carbocycles. The summed E-state index contributed by atoms with van der Waals surface area (Å²) in [6, 6.07) is 7.21. The minimum Gasteiger partial charge on any atom is -0.294 e. The van der Waals surface area contributed by atoms with E-state index < -0.39 is 0 Å². The summed E-state index contributed by atoms with van der Waals surface area (Å²) in [5, 5.41) is 7.78. The lowest BCUT2D eigenvalue weighted by Gasteiger charge is -2.01. The fraction of sp³-hybridized carbons (Fsp3) is 0. The molecule has 0 aliphatic heterocycles. The van der Waals surface area contributed by atoms with Crippen molar-refractivity contribution in [3.8, 4) is 11.3 Å². The molecule has 0 spiro atoms. The van der Waals surface area contributed by atoms with Crippen LogP contribution in [-0.2, 0) is 0 Å². The van der Waals surface area contributed by atoms with Crippen molar-refractivity contribution >= 4 is 17.9 Å². The standard InChI is InChI=1S/C10H6ClN3O/c11-8-4-2-1-3-7(8)9-5-12-14-10(6-15)13-9/h1-6H. The lowest BCUT2D eigenvalue weighted by Crippen LogP contribution is -1.97. The predicted molar refractivity (Wildman–Crippen MR) is 55.7 cm³/mol. The van der Waals surface area contributed by atoms with E-state index in [2.05, 4.69) is 15.2 Å². The highest BCUT2D eigenvalue weighted by Gasteiger charge is 2.05. The Labute approximate surface area is 90.9 Å². The Morgan fingerprint density at radius 2 is 2.07 bits per heavy atom. The maximum atomic E-state index is 10.5. The quantitative estimate of drug-likeness (QED) is 0.725. The van der Waals surface area contributed by atoms with Crippen molar-refractivity contribution in [1.82, 2.24) is 15.2 Å². The molecule has 5 heteroatoms. The van der Waals surface area contributed by atoms with E-state index in [4.69, 9.17) is 11.6 Å².